The van der Waals surface area contributed by atoms with Crippen molar-refractivity contribution in [2.45, 2.75) is 39.2 Å². The van der Waals surface area contributed by atoms with Crippen molar-refractivity contribution < 1.29 is 9.90 Å². The summed E-state index contributed by atoms with van der Waals surface area (Å²) in [7, 11) is 0. The Balaban J connectivity index is 1.72. The lowest BCUT2D eigenvalue weighted by Crippen LogP contribution is -2.26. The van der Waals surface area contributed by atoms with Gasteiger partial charge in [-0.2, -0.15) is 0 Å². The first-order valence-corrected chi connectivity index (χ1v) is 7.04. The zero-order valence-corrected chi connectivity index (χ0v) is 11.4. The molecular formula is C15H22N2O2. The van der Waals surface area contributed by atoms with Crippen LogP contribution in [0.3, 0.4) is 0 Å². The maximum atomic E-state index is 10.7. The maximum absolute atomic E-state index is 10.7. The van der Waals surface area contributed by atoms with Gasteiger partial charge in [-0.25, -0.2) is 4.79 Å². The second-order valence-corrected chi connectivity index (χ2v) is 5.60. The summed E-state index contributed by atoms with van der Waals surface area (Å²) in [5.41, 5.74) is 1.14. The molecule has 0 bridgehead atoms. The molecule has 0 atom stereocenters. The van der Waals surface area contributed by atoms with E-state index in [9.17, 15) is 4.79 Å². The lowest BCUT2D eigenvalue weighted by molar-refractivity contribution is 0.0696. The fourth-order valence-electron chi connectivity index (χ4n) is 2.59. The summed E-state index contributed by atoms with van der Waals surface area (Å²) in [6.07, 6.45) is 6.75. The van der Waals surface area contributed by atoms with Crippen LogP contribution in [0.5, 0.6) is 0 Å². The van der Waals surface area contributed by atoms with E-state index in [1.165, 1.54) is 31.9 Å². The molecule has 1 aromatic heterocycles. The van der Waals surface area contributed by atoms with Gasteiger partial charge in [0.2, 0.25) is 0 Å². The van der Waals surface area contributed by atoms with E-state index in [0.717, 1.165) is 24.1 Å². The second kappa shape index (κ2) is 6.66. The Hall–Kier alpha value is -1.42. The normalized spacial score (nSPS) is 23.2. The third kappa shape index (κ3) is 4.31. The van der Waals surface area contributed by atoms with Crippen LogP contribution in [0.25, 0.3) is 0 Å². The minimum atomic E-state index is -0.927. The van der Waals surface area contributed by atoms with Crippen molar-refractivity contribution in [1.82, 2.24) is 10.3 Å². The van der Waals surface area contributed by atoms with Gasteiger partial charge in [0.25, 0.3) is 0 Å². The van der Waals surface area contributed by atoms with Gasteiger partial charge in [0.1, 0.15) is 0 Å². The van der Waals surface area contributed by atoms with Crippen molar-refractivity contribution in [1.29, 1.82) is 0 Å². The van der Waals surface area contributed by atoms with Crippen LogP contribution in [-0.4, -0.2) is 22.6 Å². The Labute approximate surface area is 114 Å². The first-order chi connectivity index (χ1) is 9.15. The van der Waals surface area contributed by atoms with Gasteiger partial charge >= 0.3 is 5.97 Å². The smallest absolute Gasteiger partial charge is 0.337 e. The van der Waals surface area contributed by atoms with E-state index in [2.05, 4.69) is 17.2 Å². The van der Waals surface area contributed by atoms with Gasteiger partial charge < -0.3 is 10.4 Å². The molecule has 1 aromatic rings. The van der Waals surface area contributed by atoms with Crippen LogP contribution >= 0.6 is 0 Å². The number of hydrogen-bond acceptors (Lipinski definition) is 3. The molecule has 0 spiro atoms. The van der Waals surface area contributed by atoms with E-state index in [0.29, 0.717) is 6.54 Å². The molecule has 1 aliphatic carbocycles. The first-order valence-electron chi connectivity index (χ1n) is 7.04. The van der Waals surface area contributed by atoms with E-state index < -0.39 is 5.97 Å². The number of nitrogens with one attached hydrogen (secondary N) is 1. The van der Waals surface area contributed by atoms with Gasteiger partial charge in [0, 0.05) is 12.7 Å². The van der Waals surface area contributed by atoms with Crippen LogP contribution in [0.2, 0.25) is 0 Å². The highest BCUT2D eigenvalue weighted by Gasteiger charge is 2.17. The molecule has 0 unspecified atom stereocenters. The molecule has 104 valence electrons. The largest absolute Gasteiger partial charge is 0.478 e. The van der Waals surface area contributed by atoms with Crippen LogP contribution in [0.1, 0.15) is 48.7 Å². The standard InChI is InChI=1S/C15H22N2O2/c1-11-2-4-12(5-3-11)8-16-10-14-7-6-13(9-17-14)15(18)19/h6-7,9,11-12,16H,2-5,8,10H2,1H3,(H,18,19). The summed E-state index contributed by atoms with van der Waals surface area (Å²) in [6.45, 7) is 4.08. The molecular weight excluding hydrogens is 240 g/mol. The van der Waals surface area contributed by atoms with Crippen molar-refractivity contribution in [3.8, 4) is 0 Å². The number of aromatic nitrogens is 1. The van der Waals surface area contributed by atoms with Gasteiger partial charge in [0.05, 0.1) is 11.3 Å². The predicted octanol–water partition coefficient (Wildman–Crippen LogP) is 2.70. The molecule has 2 rings (SSSR count). The fourth-order valence-corrected chi connectivity index (χ4v) is 2.59. The molecule has 19 heavy (non-hydrogen) atoms. The molecule has 1 aliphatic rings. The number of nitrogens with zero attached hydrogens (tertiary/aromatic N) is 1. The minimum absolute atomic E-state index is 0.241. The summed E-state index contributed by atoms with van der Waals surface area (Å²) < 4.78 is 0. The topological polar surface area (TPSA) is 62.2 Å². The summed E-state index contributed by atoms with van der Waals surface area (Å²) in [5.74, 6) is 0.749. The molecule has 4 nitrogen and oxygen atoms in total. The van der Waals surface area contributed by atoms with Crippen molar-refractivity contribution in [3.63, 3.8) is 0 Å². The average Bonchev–Trinajstić information content (AvgIpc) is 2.41. The number of hydrogen-bond donors (Lipinski definition) is 2. The van der Waals surface area contributed by atoms with Crippen molar-refractivity contribution in [2.75, 3.05) is 6.54 Å². The molecule has 0 aromatic carbocycles. The van der Waals surface area contributed by atoms with Crippen LogP contribution in [0.4, 0.5) is 0 Å². The summed E-state index contributed by atoms with van der Waals surface area (Å²) in [4.78, 5) is 14.9. The molecule has 1 fully saturated rings. The molecule has 0 amide bonds. The molecule has 0 aliphatic heterocycles. The van der Waals surface area contributed by atoms with Crippen LogP contribution in [-0.2, 0) is 6.54 Å². The van der Waals surface area contributed by atoms with Crippen LogP contribution in [0.15, 0.2) is 18.3 Å². The minimum Gasteiger partial charge on any atom is -0.478 e. The third-order valence-corrected chi connectivity index (χ3v) is 3.95. The van der Waals surface area contributed by atoms with Gasteiger partial charge in [-0.3, -0.25) is 4.98 Å². The predicted molar refractivity (Wildman–Crippen MR) is 74.0 cm³/mol. The van der Waals surface area contributed by atoms with Crippen LogP contribution in [0, 0.1) is 11.8 Å². The number of pyridine rings is 1. The lowest BCUT2D eigenvalue weighted by Gasteiger charge is -2.26. The monoisotopic (exact) mass is 262 g/mol. The van der Waals surface area contributed by atoms with E-state index in [1.807, 2.05) is 0 Å². The molecule has 4 heteroatoms. The Morgan fingerprint density at radius 2 is 2.11 bits per heavy atom. The summed E-state index contributed by atoms with van der Waals surface area (Å²) in [5, 5.41) is 12.2. The lowest BCUT2D eigenvalue weighted by atomic mass is 9.83. The number of carboxylic acid groups (broad SMARTS) is 1. The zero-order chi connectivity index (χ0) is 13.7. The Bertz CT molecular complexity index is 409. The third-order valence-electron chi connectivity index (χ3n) is 3.95. The van der Waals surface area contributed by atoms with Gasteiger partial charge in [0.15, 0.2) is 0 Å². The summed E-state index contributed by atoms with van der Waals surface area (Å²) >= 11 is 0. The van der Waals surface area contributed by atoms with Gasteiger partial charge in [-0.1, -0.05) is 19.8 Å². The molecule has 0 radical (unpaired) electrons. The number of carbonyl (C=O) groups is 1. The fraction of sp³-hybridized carbons (Fsp3) is 0.600. The molecule has 0 saturated heterocycles. The maximum Gasteiger partial charge on any atom is 0.337 e. The highest BCUT2D eigenvalue weighted by atomic mass is 16.4. The van der Waals surface area contributed by atoms with Gasteiger partial charge in [-0.05, 0) is 43.4 Å². The van der Waals surface area contributed by atoms with E-state index >= 15 is 0 Å². The summed E-state index contributed by atoms with van der Waals surface area (Å²) in [6, 6.07) is 3.38. The zero-order valence-electron chi connectivity index (χ0n) is 11.4. The van der Waals surface area contributed by atoms with Crippen molar-refractivity contribution in [3.05, 3.63) is 29.6 Å². The SMILES string of the molecule is CC1CCC(CNCc2ccc(C(=O)O)cn2)CC1. The highest BCUT2D eigenvalue weighted by molar-refractivity contribution is 5.87. The van der Waals surface area contributed by atoms with E-state index in [-0.39, 0.29) is 5.56 Å². The van der Waals surface area contributed by atoms with E-state index in [1.54, 1.807) is 12.1 Å². The molecule has 1 saturated carbocycles. The van der Waals surface area contributed by atoms with Crippen molar-refractivity contribution in [2.24, 2.45) is 11.8 Å². The number of carboxylic acids is 1. The first kappa shape index (κ1) is 14.0. The Morgan fingerprint density at radius 1 is 1.37 bits per heavy atom. The Kier molecular flexibility index (Phi) is 4.91. The average molecular weight is 262 g/mol. The molecule has 2 N–H and O–H groups in total. The van der Waals surface area contributed by atoms with Gasteiger partial charge in [-0.15, -0.1) is 0 Å². The number of aromatic carboxylic acids is 1. The van der Waals surface area contributed by atoms with E-state index in [4.69, 9.17) is 5.11 Å². The van der Waals surface area contributed by atoms with Crippen molar-refractivity contribution >= 4 is 5.97 Å². The quantitative estimate of drug-likeness (QED) is 0.856. The highest BCUT2D eigenvalue weighted by Crippen LogP contribution is 2.27. The second-order valence-electron chi connectivity index (χ2n) is 5.60. The Morgan fingerprint density at radius 3 is 2.68 bits per heavy atom. The van der Waals surface area contributed by atoms with Crippen LogP contribution < -0.4 is 5.32 Å². The number of rotatable bonds is 5. The molecule has 1 heterocycles.